The maximum Gasteiger partial charge on any atom is 0.354 e. The van der Waals surface area contributed by atoms with Crippen LogP contribution in [0.15, 0.2) is 11.7 Å². The minimum atomic E-state index is -4.37. The Hall–Kier alpha value is -0.200. The molecule has 0 radical (unpaired) electrons. The molecule has 0 nitrogen and oxygen atoms in total. The predicted molar refractivity (Wildman–Crippen MR) is 29.1 cm³/mol. The molecule has 0 N–H and O–H groups in total. The number of alkyl halides is 5. The molecule has 0 saturated heterocycles. The Labute approximate surface area is 66.0 Å². The second kappa shape index (κ2) is 3.46. The van der Waals surface area contributed by atoms with Crippen LogP contribution in [0.4, 0.5) is 26.3 Å². The summed E-state index contributed by atoms with van der Waals surface area (Å²) in [7, 11) is 0. The van der Waals surface area contributed by atoms with Gasteiger partial charge in [0.05, 0.1) is 0 Å². The van der Waals surface area contributed by atoms with Gasteiger partial charge < -0.3 is 0 Å². The van der Waals surface area contributed by atoms with Crippen LogP contribution < -0.4 is 0 Å². The zero-order valence-corrected chi connectivity index (χ0v) is 6.31. The van der Waals surface area contributed by atoms with Crippen molar-refractivity contribution in [2.75, 3.05) is 0 Å². The smallest absolute Gasteiger partial charge is 0.202 e. The highest BCUT2D eigenvalue weighted by molar-refractivity contribution is 9.10. The first-order valence-electron chi connectivity index (χ1n) is 2.17. The number of allylic oxidation sites excluding steroid dienone is 2. The second-order valence-corrected chi connectivity index (χ2v) is 2.46. The molecule has 0 aliphatic rings. The van der Waals surface area contributed by atoms with E-state index in [1.807, 2.05) is 0 Å². The van der Waals surface area contributed by atoms with Gasteiger partial charge in [-0.3, -0.25) is 0 Å². The van der Waals surface area contributed by atoms with Gasteiger partial charge in [-0.2, -0.15) is 8.78 Å². The number of rotatable bonds is 2. The van der Waals surface area contributed by atoms with Crippen LogP contribution >= 0.6 is 15.9 Å². The van der Waals surface area contributed by atoms with E-state index in [1.54, 1.807) is 0 Å². The lowest BCUT2D eigenvalue weighted by Gasteiger charge is -2.05. The molecule has 11 heavy (non-hydrogen) atoms. The van der Waals surface area contributed by atoms with Crippen LogP contribution in [0, 0.1) is 0 Å². The van der Waals surface area contributed by atoms with E-state index in [1.165, 1.54) is 15.9 Å². The van der Waals surface area contributed by atoms with E-state index in [4.69, 9.17) is 0 Å². The molecular formula is C4HBrF6. The van der Waals surface area contributed by atoms with Crippen molar-refractivity contribution in [3.8, 4) is 0 Å². The molecule has 7 heteroatoms. The second-order valence-electron chi connectivity index (χ2n) is 1.46. The first-order valence-corrected chi connectivity index (χ1v) is 2.96. The average molecular weight is 243 g/mol. The van der Waals surface area contributed by atoms with Crippen molar-refractivity contribution in [1.29, 1.82) is 0 Å². The summed E-state index contributed by atoms with van der Waals surface area (Å²) in [5.41, 5.74) is 0. The van der Waals surface area contributed by atoms with Crippen molar-refractivity contribution < 1.29 is 26.3 Å². The van der Waals surface area contributed by atoms with Crippen LogP contribution in [0.5, 0.6) is 0 Å². The molecule has 0 spiro atoms. The van der Waals surface area contributed by atoms with Gasteiger partial charge in [0.25, 0.3) is 6.43 Å². The maximum absolute atomic E-state index is 11.8. The molecule has 0 aliphatic heterocycles. The van der Waals surface area contributed by atoms with Gasteiger partial charge in [0.2, 0.25) is 11.7 Å². The summed E-state index contributed by atoms with van der Waals surface area (Å²) in [5, 5.41) is 0. The monoisotopic (exact) mass is 242 g/mol. The molecule has 0 fully saturated rings. The topological polar surface area (TPSA) is 0 Å². The third-order valence-corrected chi connectivity index (χ3v) is 0.998. The molecule has 0 rings (SSSR count). The maximum atomic E-state index is 11.8. The van der Waals surface area contributed by atoms with E-state index < -0.39 is 22.9 Å². The zero-order chi connectivity index (χ0) is 9.23. The van der Waals surface area contributed by atoms with E-state index in [9.17, 15) is 26.3 Å². The van der Waals surface area contributed by atoms with Gasteiger partial charge in [0.15, 0.2) is 0 Å². The lowest BCUT2D eigenvalue weighted by atomic mass is 10.4. The molecule has 0 aliphatic carbocycles. The molecule has 0 aromatic rings. The fraction of sp³-hybridized carbons (Fsp3) is 0.500. The standard InChI is InChI=1S/C4HBrF6/c5-4(10,11)2(7)1(6)3(8)9/h3H. The van der Waals surface area contributed by atoms with Crippen molar-refractivity contribution in [2.45, 2.75) is 11.3 Å². The highest BCUT2D eigenvalue weighted by Crippen LogP contribution is 2.35. The predicted octanol–water partition coefficient (Wildman–Crippen LogP) is 3.39. The molecule has 0 amide bonds. The molecule has 0 heterocycles. The summed E-state index contributed by atoms with van der Waals surface area (Å²) >= 11 is 1.37. The number of halogens is 7. The van der Waals surface area contributed by atoms with Crippen LogP contribution in [0.25, 0.3) is 0 Å². The lowest BCUT2D eigenvalue weighted by molar-refractivity contribution is 0.0994. The molecule has 0 aromatic carbocycles. The Morgan fingerprint density at radius 1 is 1.18 bits per heavy atom. The number of hydrogen-bond acceptors (Lipinski definition) is 0. The van der Waals surface area contributed by atoms with Crippen molar-refractivity contribution in [3.63, 3.8) is 0 Å². The molecule has 66 valence electrons. The van der Waals surface area contributed by atoms with Crippen LogP contribution in [-0.2, 0) is 0 Å². The van der Waals surface area contributed by atoms with Gasteiger partial charge in [-0.1, -0.05) is 0 Å². The van der Waals surface area contributed by atoms with Crippen LogP contribution in [0.1, 0.15) is 0 Å². The van der Waals surface area contributed by atoms with Crippen molar-refractivity contribution in [1.82, 2.24) is 0 Å². The minimum Gasteiger partial charge on any atom is -0.202 e. The van der Waals surface area contributed by atoms with Gasteiger partial charge in [-0.15, -0.1) is 0 Å². The van der Waals surface area contributed by atoms with Crippen molar-refractivity contribution >= 4 is 15.9 Å². The van der Waals surface area contributed by atoms with E-state index in [0.717, 1.165) is 0 Å². The largest absolute Gasteiger partial charge is 0.354 e. The van der Waals surface area contributed by atoms with Gasteiger partial charge >= 0.3 is 4.83 Å². The van der Waals surface area contributed by atoms with Crippen molar-refractivity contribution in [2.24, 2.45) is 0 Å². The summed E-state index contributed by atoms with van der Waals surface area (Å²) in [5.74, 6) is -5.56. The van der Waals surface area contributed by atoms with E-state index in [2.05, 4.69) is 0 Å². The minimum absolute atomic E-state index is 1.37. The molecule has 0 saturated carbocycles. The highest BCUT2D eigenvalue weighted by atomic mass is 79.9. The summed E-state index contributed by atoms with van der Waals surface area (Å²) < 4.78 is 69.1. The van der Waals surface area contributed by atoms with E-state index in [-0.39, 0.29) is 0 Å². The Bertz CT molecular complexity index is 168. The highest BCUT2D eigenvalue weighted by Gasteiger charge is 2.37. The number of hydrogen-bond donors (Lipinski definition) is 0. The third-order valence-electron chi connectivity index (χ3n) is 0.650. The summed E-state index contributed by atoms with van der Waals surface area (Å²) in [6, 6.07) is 0. The normalized spacial score (nSPS) is 15.3. The third kappa shape index (κ3) is 3.13. The quantitative estimate of drug-likeness (QED) is 0.515. The first kappa shape index (κ1) is 10.8. The Morgan fingerprint density at radius 2 is 1.55 bits per heavy atom. The van der Waals surface area contributed by atoms with Gasteiger partial charge in [-0.05, 0) is 15.9 Å². The first-order chi connectivity index (χ1) is 4.76. The summed E-state index contributed by atoms with van der Waals surface area (Å²) in [4.78, 5) is -4.37. The molecule has 0 atom stereocenters. The molecular weight excluding hydrogens is 242 g/mol. The van der Waals surface area contributed by atoms with E-state index in [0.29, 0.717) is 0 Å². The Balaban J connectivity index is 4.67. The molecule has 0 aromatic heterocycles. The summed E-state index contributed by atoms with van der Waals surface area (Å²) in [6.45, 7) is 0. The van der Waals surface area contributed by atoms with E-state index >= 15 is 0 Å². The molecule has 0 unspecified atom stereocenters. The SMILES string of the molecule is FC(=C(F)C(F)(F)Br)C(F)F. The van der Waals surface area contributed by atoms with Crippen LogP contribution in [0.3, 0.4) is 0 Å². The average Bonchev–Trinajstić information content (AvgIpc) is 1.82. The summed E-state index contributed by atoms with van der Waals surface area (Å²) in [6.07, 6.45) is -3.86. The van der Waals surface area contributed by atoms with Crippen LogP contribution in [0.2, 0.25) is 0 Å². The van der Waals surface area contributed by atoms with Gasteiger partial charge in [0.1, 0.15) is 0 Å². The molecule has 0 bridgehead atoms. The van der Waals surface area contributed by atoms with Crippen molar-refractivity contribution in [3.05, 3.63) is 11.7 Å². The Kier molecular flexibility index (Phi) is 3.40. The van der Waals surface area contributed by atoms with Gasteiger partial charge in [0, 0.05) is 0 Å². The fourth-order valence-corrected chi connectivity index (χ4v) is 0.421. The van der Waals surface area contributed by atoms with Gasteiger partial charge in [-0.25, -0.2) is 17.6 Å². The fourth-order valence-electron chi connectivity index (χ4n) is 0.231. The zero-order valence-electron chi connectivity index (χ0n) is 4.72. The van der Waals surface area contributed by atoms with Crippen LogP contribution in [-0.4, -0.2) is 11.3 Å². The Morgan fingerprint density at radius 3 is 1.64 bits per heavy atom. The lowest BCUT2D eigenvalue weighted by Crippen LogP contribution is -2.09.